The molecule has 146 valence electrons. The molecule has 28 heavy (non-hydrogen) atoms. The Morgan fingerprint density at radius 1 is 1.32 bits per heavy atom. The molecule has 1 aromatic carbocycles. The molecular formula is C19H18FN3O5. The maximum Gasteiger partial charge on any atom is 0.303 e. The van der Waals surface area contributed by atoms with Crippen LogP contribution in [0.3, 0.4) is 0 Å². The number of hydrogen-bond donors (Lipinski definition) is 3. The van der Waals surface area contributed by atoms with Gasteiger partial charge in [0.2, 0.25) is 5.91 Å². The maximum absolute atomic E-state index is 14.5. The lowest BCUT2D eigenvalue weighted by atomic mass is 10.0. The van der Waals surface area contributed by atoms with Crippen LogP contribution < -0.4 is 5.73 Å². The van der Waals surface area contributed by atoms with Crippen LogP contribution in [0.2, 0.25) is 0 Å². The van der Waals surface area contributed by atoms with Gasteiger partial charge >= 0.3 is 5.97 Å². The number of primary amides is 1. The van der Waals surface area contributed by atoms with Crippen molar-refractivity contribution in [1.29, 1.82) is 0 Å². The third kappa shape index (κ3) is 3.56. The zero-order valence-electron chi connectivity index (χ0n) is 14.8. The highest BCUT2D eigenvalue weighted by atomic mass is 19.1. The van der Waals surface area contributed by atoms with Crippen LogP contribution in [0.5, 0.6) is 0 Å². The van der Waals surface area contributed by atoms with Gasteiger partial charge in [-0.3, -0.25) is 19.4 Å². The number of rotatable bonds is 7. The second kappa shape index (κ2) is 7.73. The van der Waals surface area contributed by atoms with Crippen LogP contribution in [-0.4, -0.2) is 43.9 Å². The van der Waals surface area contributed by atoms with Gasteiger partial charge in [-0.2, -0.15) is 0 Å². The Bertz CT molecular complexity index is 963. The minimum Gasteiger partial charge on any atom is -0.481 e. The number of hydrogen-bond acceptors (Lipinski definition) is 5. The quantitative estimate of drug-likeness (QED) is 0.650. The summed E-state index contributed by atoms with van der Waals surface area (Å²) in [6.07, 6.45) is 0.984. The molecule has 0 aliphatic carbocycles. The number of nitrogens with zero attached hydrogens (tertiary/aromatic N) is 2. The summed E-state index contributed by atoms with van der Waals surface area (Å²) in [5.41, 5.74) is 6.82. The van der Waals surface area contributed by atoms with Crippen LogP contribution >= 0.6 is 0 Å². The first-order chi connectivity index (χ1) is 13.3. The fourth-order valence-electron chi connectivity index (χ4n) is 3.26. The number of fused-ring (bicyclic) bond motifs is 1. The van der Waals surface area contributed by atoms with E-state index in [9.17, 15) is 23.9 Å². The van der Waals surface area contributed by atoms with Gasteiger partial charge in [0, 0.05) is 35.9 Å². The number of aliphatic carboxylic acids is 1. The summed E-state index contributed by atoms with van der Waals surface area (Å²) in [4.78, 5) is 40.5. The summed E-state index contributed by atoms with van der Waals surface area (Å²) in [6, 6.07) is 4.96. The molecule has 3 rings (SSSR count). The lowest BCUT2D eigenvalue weighted by Crippen LogP contribution is -2.45. The first kappa shape index (κ1) is 19.4. The summed E-state index contributed by atoms with van der Waals surface area (Å²) < 4.78 is 14.5. The number of nitrogens with two attached hydrogens (primary N) is 1. The van der Waals surface area contributed by atoms with E-state index in [1.165, 1.54) is 29.3 Å². The minimum atomic E-state index is -1.09. The molecule has 1 atom stereocenters. The Morgan fingerprint density at radius 3 is 2.71 bits per heavy atom. The minimum absolute atomic E-state index is 0.0394. The van der Waals surface area contributed by atoms with Crippen molar-refractivity contribution < 1.29 is 29.0 Å². The molecule has 0 saturated carbocycles. The van der Waals surface area contributed by atoms with Gasteiger partial charge in [0.25, 0.3) is 5.91 Å². The van der Waals surface area contributed by atoms with E-state index >= 15 is 0 Å². The van der Waals surface area contributed by atoms with E-state index in [2.05, 4.69) is 4.98 Å². The molecule has 0 radical (unpaired) electrons. The number of amides is 2. The molecule has 0 spiro atoms. The van der Waals surface area contributed by atoms with E-state index in [1.807, 2.05) is 0 Å². The largest absolute Gasteiger partial charge is 0.481 e. The molecule has 0 saturated heterocycles. The number of carbonyl (C=O) groups excluding carboxylic acids is 2. The van der Waals surface area contributed by atoms with E-state index in [0.717, 1.165) is 0 Å². The van der Waals surface area contributed by atoms with Crippen LogP contribution in [0.15, 0.2) is 30.5 Å². The predicted molar refractivity (Wildman–Crippen MR) is 95.3 cm³/mol. The average Bonchev–Trinajstić information content (AvgIpc) is 2.97. The monoisotopic (exact) mass is 387 g/mol. The maximum atomic E-state index is 14.5. The summed E-state index contributed by atoms with van der Waals surface area (Å²) in [6.45, 7) is -0.418. The summed E-state index contributed by atoms with van der Waals surface area (Å²) in [7, 11) is 0. The Kier molecular flexibility index (Phi) is 5.36. The molecular weight excluding hydrogens is 369 g/mol. The number of pyridine rings is 1. The van der Waals surface area contributed by atoms with Crippen molar-refractivity contribution in [1.82, 2.24) is 9.88 Å². The first-order valence-corrected chi connectivity index (χ1v) is 8.53. The van der Waals surface area contributed by atoms with Crippen molar-refractivity contribution >= 4 is 17.8 Å². The second-order valence-electron chi connectivity index (χ2n) is 6.45. The third-order valence-corrected chi connectivity index (χ3v) is 4.69. The molecule has 2 amide bonds. The standard InChI is InChI=1S/C19H18FN3O5/c20-16-11(9-24)5-6-22-17(16)10-1-2-13-12(7-10)8-23(19(13)28)14(18(21)27)3-4-15(25)26/h1-2,5-7,14,24H,3-4,8-9H2,(H2,21,27)(H,25,26)/t14-/m0/s1. The predicted octanol–water partition coefficient (Wildman–Crippen LogP) is 1.05. The van der Waals surface area contributed by atoms with Crippen molar-refractivity contribution in [3.05, 3.63) is 53.0 Å². The molecule has 1 aliphatic rings. The number of benzene rings is 1. The SMILES string of the molecule is NC(=O)[C@H](CCC(=O)O)N1Cc2cc(-c3nccc(CO)c3F)ccc2C1=O. The number of carbonyl (C=O) groups is 3. The summed E-state index contributed by atoms with van der Waals surface area (Å²) in [5, 5.41) is 18.1. The van der Waals surface area contributed by atoms with E-state index in [0.29, 0.717) is 16.7 Å². The molecule has 1 aliphatic heterocycles. The normalized spacial score (nSPS) is 14.1. The highest BCUT2D eigenvalue weighted by Gasteiger charge is 2.35. The lowest BCUT2D eigenvalue weighted by Gasteiger charge is -2.24. The number of halogens is 1. The topological polar surface area (TPSA) is 134 Å². The first-order valence-electron chi connectivity index (χ1n) is 8.53. The molecule has 0 unspecified atom stereocenters. The number of aliphatic hydroxyl groups is 1. The van der Waals surface area contributed by atoms with Crippen LogP contribution in [0.4, 0.5) is 4.39 Å². The average molecular weight is 387 g/mol. The van der Waals surface area contributed by atoms with E-state index in [-0.39, 0.29) is 30.6 Å². The van der Waals surface area contributed by atoms with Crippen LogP contribution in [0, 0.1) is 5.82 Å². The molecule has 2 heterocycles. The van der Waals surface area contributed by atoms with Crippen molar-refractivity contribution in [2.45, 2.75) is 32.0 Å². The molecule has 1 aromatic heterocycles. The summed E-state index contributed by atoms with van der Waals surface area (Å²) in [5.74, 6) is -2.97. The van der Waals surface area contributed by atoms with E-state index in [1.54, 1.807) is 6.07 Å². The fraction of sp³-hybridized carbons (Fsp3) is 0.263. The van der Waals surface area contributed by atoms with Gasteiger partial charge in [0.05, 0.1) is 6.61 Å². The van der Waals surface area contributed by atoms with Gasteiger partial charge in [0.1, 0.15) is 11.7 Å². The molecule has 2 aromatic rings. The number of aromatic nitrogens is 1. The third-order valence-electron chi connectivity index (χ3n) is 4.69. The Labute approximate surface area is 159 Å². The lowest BCUT2D eigenvalue weighted by molar-refractivity contribution is -0.137. The highest BCUT2D eigenvalue weighted by molar-refractivity contribution is 6.01. The Balaban J connectivity index is 1.92. The van der Waals surface area contributed by atoms with Gasteiger partial charge in [-0.25, -0.2) is 4.39 Å². The molecule has 0 bridgehead atoms. The van der Waals surface area contributed by atoms with Crippen molar-refractivity contribution in [3.63, 3.8) is 0 Å². The van der Waals surface area contributed by atoms with Gasteiger partial charge in [-0.15, -0.1) is 0 Å². The van der Waals surface area contributed by atoms with Crippen LogP contribution in [0.1, 0.15) is 34.3 Å². The fourth-order valence-corrected chi connectivity index (χ4v) is 3.26. The number of carboxylic acid groups (broad SMARTS) is 1. The molecule has 0 fully saturated rings. The van der Waals surface area contributed by atoms with Gasteiger partial charge < -0.3 is 20.8 Å². The van der Waals surface area contributed by atoms with Crippen molar-refractivity contribution in [2.24, 2.45) is 5.73 Å². The molecule has 4 N–H and O–H groups in total. The van der Waals surface area contributed by atoms with Gasteiger partial charge in [-0.1, -0.05) is 6.07 Å². The van der Waals surface area contributed by atoms with Gasteiger partial charge in [0.15, 0.2) is 5.82 Å². The zero-order chi connectivity index (χ0) is 20.4. The zero-order valence-corrected chi connectivity index (χ0v) is 14.8. The van der Waals surface area contributed by atoms with Gasteiger partial charge in [-0.05, 0) is 30.2 Å². The van der Waals surface area contributed by atoms with Crippen LogP contribution in [0.25, 0.3) is 11.3 Å². The summed E-state index contributed by atoms with van der Waals surface area (Å²) >= 11 is 0. The van der Waals surface area contributed by atoms with E-state index in [4.69, 9.17) is 10.8 Å². The van der Waals surface area contributed by atoms with Crippen molar-refractivity contribution in [3.8, 4) is 11.3 Å². The number of carboxylic acids is 1. The molecule has 9 heteroatoms. The highest BCUT2D eigenvalue weighted by Crippen LogP contribution is 2.31. The van der Waals surface area contributed by atoms with Crippen molar-refractivity contribution in [2.75, 3.05) is 0 Å². The van der Waals surface area contributed by atoms with E-state index < -0.39 is 36.2 Å². The Hall–Kier alpha value is -3.33. The number of aliphatic hydroxyl groups excluding tert-OH is 1. The van der Waals surface area contributed by atoms with Crippen LogP contribution in [-0.2, 0) is 22.7 Å². The smallest absolute Gasteiger partial charge is 0.303 e. The molecule has 8 nitrogen and oxygen atoms in total. The Morgan fingerprint density at radius 2 is 2.07 bits per heavy atom. The second-order valence-corrected chi connectivity index (χ2v) is 6.45.